The SMILES string of the molecule is C[C@H](CN)NS(=O)(=O)c1ccc(C(N)=O)cc1. The Bertz CT molecular complexity index is 496. The number of nitrogens with one attached hydrogen (secondary N) is 1. The number of hydrogen-bond donors (Lipinski definition) is 3. The first-order valence-electron chi connectivity index (χ1n) is 4.99. The Morgan fingerprint density at radius 1 is 1.35 bits per heavy atom. The van der Waals surface area contributed by atoms with Gasteiger partial charge in [0.15, 0.2) is 0 Å². The van der Waals surface area contributed by atoms with E-state index in [1.165, 1.54) is 24.3 Å². The zero-order valence-electron chi connectivity index (χ0n) is 9.38. The molecule has 6 nitrogen and oxygen atoms in total. The predicted octanol–water partition coefficient (Wildman–Crippen LogP) is -0.589. The summed E-state index contributed by atoms with van der Waals surface area (Å²) in [6.45, 7) is 1.87. The Balaban J connectivity index is 2.96. The van der Waals surface area contributed by atoms with Crippen LogP contribution < -0.4 is 16.2 Å². The first kappa shape index (κ1) is 13.6. The molecule has 1 rings (SSSR count). The molecule has 0 aliphatic heterocycles. The summed E-state index contributed by atoms with van der Waals surface area (Å²) in [5, 5.41) is 0. The lowest BCUT2D eigenvalue weighted by Crippen LogP contribution is -2.37. The molecular formula is C10H15N3O3S. The van der Waals surface area contributed by atoms with Crippen LogP contribution in [0, 0.1) is 0 Å². The summed E-state index contributed by atoms with van der Waals surface area (Å²) in [5.41, 5.74) is 10.6. The van der Waals surface area contributed by atoms with Crippen LogP contribution in [-0.2, 0) is 10.0 Å². The number of benzene rings is 1. The van der Waals surface area contributed by atoms with Crippen molar-refractivity contribution in [2.45, 2.75) is 17.9 Å². The van der Waals surface area contributed by atoms with Crippen LogP contribution in [0.1, 0.15) is 17.3 Å². The average molecular weight is 257 g/mol. The molecule has 0 unspecified atom stereocenters. The largest absolute Gasteiger partial charge is 0.366 e. The van der Waals surface area contributed by atoms with Gasteiger partial charge in [-0.05, 0) is 31.2 Å². The van der Waals surface area contributed by atoms with Crippen LogP contribution in [0.3, 0.4) is 0 Å². The molecule has 0 aliphatic carbocycles. The number of sulfonamides is 1. The fourth-order valence-electron chi connectivity index (χ4n) is 1.18. The molecule has 0 spiro atoms. The van der Waals surface area contributed by atoms with Gasteiger partial charge in [-0.25, -0.2) is 13.1 Å². The third kappa shape index (κ3) is 3.52. The van der Waals surface area contributed by atoms with Gasteiger partial charge >= 0.3 is 0 Å². The van der Waals surface area contributed by atoms with Gasteiger partial charge in [0.2, 0.25) is 15.9 Å². The lowest BCUT2D eigenvalue weighted by Gasteiger charge is -2.11. The Kier molecular flexibility index (Phi) is 4.22. The van der Waals surface area contributed by atoms with E-state index < -0.39 is 15.9 Å². The highest BCUT2D eigenvalue weighted by Crippen LogP contribution is 2.10. The van der Waals surface area contributed by atoms with Gasteiger partial charge in [0.25, 0.3) is 0 Å². The molecule has 0 saturated carbocycles. The average Bonchev–Trinajstić information content (AvgIpc) is 2.28. The van der Waals surface area contributed by atoms with Crippen LogP contribution in [0.25, 0.3) is 0 Å². The fourth-order valence-corrected chi connectivity index (χ4v) is 2.44. The molecule has 0 fully saturated rings. The van der Waals surface area contributed by atoms with Crippen molar-refractivity contribution in [1.82, 2.24) is 4.72 Å². The van der Waals surface area contributed by atoms with E-state index in [0.717, 1.165) is 0 Å². The van der Waals surface area contributed by atoms with Crippen molar-refractivity contribution in [3.05, 3.63) is 29.8 Å². The third-order valence-corrected chi connectivity index (χ3v) is 3.76. The minimum atomic E-state index is -3.60. The van der Waals surface area contributed by atoms with Crippen LogP contribution in [0.5, 0.6) is 0 Å². The normalized spacial score (nSPS) is 13.3. The van der Waals surface area contributed by atoms with E-state index in [1.807, 2.05) is 0 Å². The molecule has 94 valence electrons. The molecule has 0 radical (unpaired) electrons. The number of hydrogen-bond acceptors (Lipinski definition) is 4. The van der Waals surface area contributed by atoms with E-state index in [9.17, 15) is 13.2 Å². The first-order chi connectivity index (χ1) is 7.86. The fraction of sp³-hybridized carbons (Fsp3) is 0.300. The highest BCUT2D eigenvalue weighted by molar-refractivity contribution is 7.89. The molecule has 5 N–H and O–H groups in total. The van der Waals surface area contributed by atoms with Gasteiger partial charge in [0.1, 0.15) is 0 Å². The number of carbonyl (C=O) groups excluding carboxylic acids is 1. The second-order valence-electron chi connectivity index (χ2n) is 3.65. The molecule has 1 aromatic rings. The lowest BCUT2D eigenvalue weighted by atomic mass is 10.2. The molecule has 0 heterocycles. The molecule has 1 amide bonds. The van der Waals surface area contributed by atoms with E-state index in [4.69, 9.17) is 11.5 Å². The molecule has 17 heavy (non-hydrogen) atoms. The highest BCUT2D eigenvalue weighted by Gasteiger charge is 2.16. The van der Waals surface area contributed by atoms with Gasteiger partial charge in [0, 0.05) is 18.2 Å². The molecule has 7 heteroatoms. The van der Waals surface area contributed by atoms with Gasteiger partial charge in [-0.3, -0.25) is 4.79 Å². The van der Waals surface area contributed by atoms with E-state index >= 15 is 0 Å². The summed E-state index contributed by atoms with van der Waals surface area (Å²) in [6, 6.07) is 5.03. The van der Waals surface area contributed by atoms with Crippen LogP contribution >= 0.6 is 0 Å². The van der Waals surface area contributed by atoms with E-state index in [1.54, 1.807) is 6.92 Å². The van der Waals surface area contributed by atoms with E-state index in [2.05, 4.69) is 4.72 Å². The Morgan fingerprint density at radius 2 is 1.88 bits per heavy atom. The smallest absolute Gasteiger partial charge is 0.248 e. The second kappa shape index (κ2) is 5.26. The monoisotopic (exact) mass is 257 g/mol. The van der Waals surface area contributed by atoms with Crippen LogP contribution in [0.15, 0.2) is 29.2 Å². The molecule has 1 atom stereocenters. The first-order valence-corrected chi connectivity index (χ1v) is 6.47. The van der Waals surface area contributed by atoms with Gasteiger partial charge in [-0.2, -0.15) is 0 Å². The van der Waals surface area contributed by atoms with E-state index in [-0.39, 0.29) is 23.0 Å². The Labute approximate surface area is 100 Å². The van der Waals surface area contributed by atoms with Gasteiger partial charge in [-0.15, -0.1) is 0 Å². The topological polar surface area (TPSA) is 115 Å². The maximum absolute atomic E-state index is 11.8. The van der Waals surface area contributed by atoms with Crippen LogP contribution in [-0.4, -0.2) is 26.9 Å². The maximum atomic E-state index is 11.8. The summed E-state index contributed by atoms with van der Waals surface area (Å²) in [7, 11) is -3.60. The molecule has 0 aromatic heterocycles. The zero-order valence-corrected chi connectivity index (χ0v) is 10.2. The molecular weight excluding hydrogens is 242 g/mol. The van der Waals surface area contributed by atoms with Gasteiger partial charge in [-0.1, -0.05) is 0 Å². The summed E-state index contributed by atoms with van der Waals surface area (Å²) in [5.74, 6) is -0.600. The molecule has 0 bridgehead atoms. The maximum Gasteiger partial charge on any atom is 0.248 e. The van der Waals surface area contributed by atoms with Crippen molar-refractivity contribution >= 4 is 15.9 Å². The van der Waals surface area contributed by atoms with Crippen molar-refractivity contribution in [1.29, 1.82) is 0 Å². The summed E-state index contributed by atoms with van der Waals surface area (Å²) < 4.78 is 26.0. The lowest BCUT2D eigenvalue weighted by molar-refractivity contribution is 0.1000. The highest BCUT2D eigenvalue weighted by atomic mass is 32.2. The zero-order chi connectivity index (χ0) is 13.1. The summed E-state index contributed by atoms with van der Waals surface area (Å²) >= 11 is 0. The Morgan fingerprint density at radius 3 is 2.29 bits per heavy atom. The van der Waals surface area contributed by atoms with E-state index in [0.29, 0.717) is 0 Å². The quantitative estimate of drug-likeness (QED) is 0.654. The number of nitrogens with two attached hydrogens (primary N) is 2. The predicted molar refractivity (Wildman–Crippen MR) is 63.8 cm³/mol. The van der Waals surface area contributed by atoms with Gasteiger partial charge in [0.05, 0.1) is 4.90 Å². The Hall–Kier alpha value is -1.44. The second-order valence-corrected chi connectivity index (χ2v) is 5.36. The minimum Gasteiger partial charge on any atom is -0.366 e. The van der Waals surface area contributed by atoms with Crippen molar-refractivity contribution in [3.63, 3.8) is 0 Å². The van der Waals surface area contributed by atoms with Crippen molar-refractivity contribution < 1.29 is 13.2 Å². The van der Waals surface area contributed by atoms with Crippen molar-refractivity contribution in [2.24, 2.45) is 11.5 Å². The number of amides is 1. The van der Waals surface area contributed by atoms with Crippen LogP contribution in [0.2, 0.25) is 0 Å². The van der Waals surface area contributed by atoms with Crippen molar-refractivity contribution in [2.75, 3.05) is 6.54 Å². The number of rotatable bonds is 5. The van der Waals surface area contributed by atoms with Gasteiger partial charge < -0.3 is 11.5 Å². The number of primary amides is 1. The molecule has 0 aliphatic rings. The summed E-state index contributed by atoms with van der Waals surface area (Å²) in [6.07, 6.45) is 0. The molecule has 1 aromatic carbocycles. The standard InChI is InChI=1S/C10H15N3O3S/c1-7(6-11)13-17(15,16)9-4-2-8(3-5-9)10(12)14/h2-5,7,13H,6,11H2,1H3,(H2,12,14)/t7-/m1/s1. The van der Waals surface area contributed by atoms with Crippen molar-refractivity contribution in [3.8, 4) is 0 Å². The minimum absolute atomic E-state index is 0.0720. The third-order valence-electron chi connectivity index (χ3n) is 2.16. The van der Waals surface area contributed by atoms with Crippen LogP contribution in [0.4, 0.5) is 0 Å². The summed E-state index contributed by atoms with van der Waals surface area (Å²) in [4.78, 5) is 10.9. The number of carbonyl (C=O) groups is 1. The molecule has 0 saturated heterocycles.